The summed E-state index contributed by atoms with van der Waals surface area (Å²) in [5.41, 5.74) is 1.10. The van der Waals surface area contributed by atoms with Crippen LogP contribution >= 0.6 is 0 Å². The molecule has 0 atom stereocenters. The molecule has 0 radical (unpaired) electrons. The Kier molecular flexibility index (Phi) is 3.32. The van der Waals surface area contributed by atoms with Gasteiger partial charge in [0.25, 0.3) is 0 Å². The molecule has 0 spiro atoms. The van der Waals surface area contributed by atoms with Crippen molar-refractivity contribution in [3.63, 3.8) is 0 Å². The van der Waals surface area contributed by atoms with Gasteiger partial charge in [-0.1, -0.05) is 12.1 Å². The fourth-order valence-corrected chi connectivity index (χ4v) is 1.44. The smallest absolute Gasteiger partial charge is 0.214 e. The molecule has 1 N–H and O–H groups in total. The first-order chi connectivity index (χ1) is 8.54. The van der Waals surface area contributed by atoms with Gasteiger partial charge in [-0.05, 0) is 30.7 Å². The van der Waals surface area contributed by atoms with E-state index in [4.69, 9.17) is 0 Å². The summed E-state index contributed by atoms with van der Waals surface area (Å²) in [6.45, 7) is 1.72. The molecular weight excluding hydrogens is 238 g/mol. The maximum Gasteiger partial charge on any atom is 0.214 e. The van der Waals surface area contributed by atoms with E-state index in [1.54, 1.807) is 6.92 Å². The van der Waals surface area contributed by atoms with Crippen molar-refractivity contribution < 1.29 is 13.9 Å². The Bertz CT molecular complexity index is 592. The van der Waals surface area contributed by atoms with E-state index in [-0.39, 0.29) is 5.88 Å². The number of hydrogen-bond acceptors (Lipinski definition) is 3. The molecular formula is C13H10F2N2O. The monoisotopic (exact) mass is 248 g/mol. The van der Waals surface area contributed by atoms with Crippen molar-refractivity contribution in [2.24, 2.45) is 0 Å². The molecule has 3 nitrogen and oxygen atoms in total. The number of aromatic nitrogens is 2. The van der Waals surface area contributed by atoms with Crippen LogP contribution in [0.15, 0.2) is 24.3 Å². The van der Waals surface area contributed by atoms with Gasteiger partial charge in [0, 0.05) is 11.8 Å². The summed E-state index contributed by atoms with van der Waals surface area (Å²) in [5.74, 6) is -1.63. The lowest BCUT2D eigenvalue weighted by Crippen LogP contribution is -1.90. The quantitative estimate of drug-likeness (QED) is 0.888. The molecule has 0 saturated carbocycles. The van der Waals surface area contributed by atoms with Gasteiger partial charge in [-0.2, -0.15) is 4.98 Å². The van der Waals surface area contributed by atoms with Gasteiger partial charge in [0.2, 0.25) is 5.88 Å². The summed E-state index contributed by atoms with van der Waals surface area (Å²) in [7, 11) is 0. The standard InChI is InChI=1S/C13H10F2N2O/c1-8-6-13(18)17-12(16-8)5-3-9-2-4-10(14)11(15)7-9/h2-7H,1H3,(H,16,17,18). The van der Waals surface area contributed by atoms with Crippen molar-refractivity contribution in [2.75, 3.05) is 0 Å². The highest BCUT2D eigenvalue weighted by Crippen LogP contribution is 2.12. The number of rotatable bonds is 2. The highest BCUT2D eigenvalue weighted by molar-refractivity contribution is 5.66. The number of halogens is 2. The Balaban J connectivity index is 2.27. The fourth-order valence-electron chi connectivity index (χ4n) is 1.44. The predicted octanol–water partition coefficient (Wildman–Crippen LogP) is 2.94. The minimum atomic E-state index is -0.912. The molecule has 0 amide bonds. The number of aryl methyl sites for hydroxylation is 1. The Labute approximate surface area is 102 Å². The molecule has 0 aliphatic heterocycles. The molecule has 0 aliphatic carbocycles. The van der Waals surface area contributed by atoms with Crippen LogP contribution in [0.5, 0.6) is 5.88 Å². The number of benzene rings is 1. The van der Waals surface area contributed by atoms with Gasteiger partial charge in [0.15, 0.2) is 17.5 Å². The van der Waals surface area contributed by atoms with Gasteiger partial charge in [-0.15, -0.1) is 0 Å². The molecule has 0 fully saturated rings. The van der Waals surface area contributed by atoms with Gasteiger partial charge in [-0.25, -0.2) is 13.8 Å². The molecule has 0 saturated heterocycles. The van der Waals surface area contributed by atoms with Crippen molar-refractivity contribution in [3.8, 4) is 5.88 Å². The van der Waals surface area contributed by atoms with Crippen molar-refractivity contribution >= 4 is 12.2 Å². The van der Waals surface area contributed by atoms with E-state index in [1.165, 1.54) is 24.3 Å². The Morgan fingerprint density at radius 3 is 2.50 bits per heavy atom. The fraction of sp³-hybridized carbons (Fsp3) is 0.0769. The zero-order valence-electron chi connectivity index (χ0n) is 9.56. The zero-order valence-corrected chi connectivity index (χ0v) is 9.56. The topological polar surface area (TPSA) is 46.0 Å². The average Bonchev–Trinajstić information content (AvgIpc) is 2.29. The van der Waals surface area contributed by atoms with Crippen molar-refractivity contribution in [3.05, 3.63) is 53.0 Å². The predicted molar refractivity (Wildman–Crippen MR) is 63.7 cm³/mol. The summed E-state index contributed by atoms with van der Waals surface area (Å²) in [6.07, 6.45) is 3.05. The summed E-state index contributed by atoms with van der Waals surface area (Å²) in [6, 6.07) is 4.98. The van der Waals surface area contributed by atoms with E-state index >= 15 is 0 Å². The second-order valence-electron chi connectivity index (χ2n) is 3.73. The van der Waals surface area contributed by atoms with Crippen LogP contribution < -0.4 is 0 Å². The summed E-state index contributed by atoms with van der Waals surface area (Å²) in [5, 5.41) is 9.28. The van der Waals surface area contributed by atoms with E-state index in [9.17, 15) is 13.9 Å². The third kappa shape index (κ3) is 2.88. The molecule has 1 heterocycles. The second-order valence-corrected chi connectivity index (χ2v) is 3.73. The second kappa shape index (κ2) is 4.91. The van der Waals surface area contributed by atoms with Gasteiger partial charge in [0.1, 0.15) is 0 Å². The molecule has 18 heavy (non-hydrogen) atoms. The Morgan fingerprint density at radius 2 is 1.83 bits per heavy atom. The van der Waals surface area contributed by atoms with Crippen LogP contribution in [0.4, 0.5) is 8.78 Å². The summed E-state index contributed by atoms with van der Waals surface area (Å²) >= 11 is 0. The van der Waals surface area contributed by atoms with Crippen LogP contribution in [0.2, 0.25) is 0 Å². The molecule has 0 bridgehead atoms. The first-order valence-corrected chi connectivity index (χ1v) is 5.22. The van der Waals surface area contributed by atoms with Crippen molar-refractivity contribution in [1.82, 2.24) is 9.97 Å². The molecule has 1 aromatic carbocycles. The van der Waals surface area contributed by atoms with E-state index in [1.807, 2.05) is 0 Å². The molecule has 92 valence electrons. The SMILES string of the molecule is Cc1cc(O)nc(C=Cc2ccc(F)c(F)c2)n1. The van der Waals surface area contributed by atoms with Gasteiger partial charge >= 0.3 is 0 Å². The van der Waals surface area contributed by atoms with Gasteiger partial charge in [-0.3, -0.25) is 0 Å². The lowest BCUT2D eigenvalue weighted by Gasteiger charge is -1.98. The average molecular weight is 248 g/mol. The lowest BCUT2D eigenvalue weighted by atomic mass is 10.2. The van der Waals surface area contributed by atoms with Gasteiger partial charge in [0.05, 0.1) is 0 Å². The molecule has 1 aromatic heterocycles. The Morgan fingerprint density at radius 1 is 1.06 bits per heavy atom. The third-order valence-corrected chi connectivity index (χ3v) is 2.23. The van der Waals surface area contributed by atoms with Crippen LogP contribution in [0.25, 0.3) is 12.2 Å². The normalized spacial score (nSPS) is 11.1. The first kappa shape index (κ1) is 12.2. The molecule has 0 unspecified atom stereocenters. The zero-order chi connectivity index (χ0) is 13.1. The summed E-state index contributed by atoms with van der Waals surface area (Å²) < 4.78 is 25.7. The minimum absolute atomic E-state index is 0.132. The maximum atomic E-state index is 13.0. The largest absolute Gasteiger partial charge is 0.493 e. The highest BCUT2D eigenvalue weighted by atomic mass is 19.2. The van der Waals surface area contributed by atoms with E-state index in [2.05, 4.69) is 9.97 Å². The molecule has 2 rings (SSSR count). The van der Waals surface area contributed by atoms with E-state index in [0.29, 0.717) is 17.1 Å². The van der Waals surface area contributed by atoms with Gasteiger partial charge < -0.3 is 5.11 Å². The first-order valence-electron chi connectivity index (χ1n) is 5.22. The van der Waals surface area contributed by atoms with Crippen molar-refractivity contribution in [1.29, 1.82) is 0 Å². The molecule has 2 aromatic rings. The minimum Gasteiger partial charge on any atom is -0.493 e. The van der Waals surface area contributed by atoms with E-state index < -0.39 is 11.6 Å². The van der Waals surface area contributed by atoms with Crippen LogP contribution in [0.1, 0.15) is 17.1 Å². The molecule has 0 aliphatic rings. The van der Waals surface area contributed by atoms with E-state index in [0.717, 1.165) is 12.1 Å². The van der Waals surface area contributed by atoms with Crippen LogP contribution in [-0.2, 0) is 0 Å². The van der Waals surface area contributed by atoms with Crippen molar-refractivity contribution in [2.45, 2.75) is 6.92 Å². The number of aromatic hydroxyl groups is 1. The van der Waals surface area contributed by atoms with Crippen LogP contribution in [0.3, 0.4) is 0 Å². The Hall–Kier alpha value is -2.30. The van der Waals surface area contributed by atoms with Crippen LogP contribution in [-0.4, -0.2) is 15.1 Å². The lowest BCUT2D eigenvalue weighted by molar-refractivity contribution is 0.450. The highest BCUT2D eigenvalue weighted by Gasteiger charge is 2.01. The number of hydrogen-bond donors (Lipinski definition) is 1. The third-order valence-electron chi connectivity index (χ3n) is 2.23. The molecule has 5 heteroatoms. The summed E-state index contributed by atoms with van der Waals surface area (Å²) in [4.78, 5) is 7.84. The van der Waals surface area contributed by atoms with Crippen LogP contribution in [0, 0.1) is 18.6 Å². The maximum absolute atomic E-state index is 13.0. The number of nitrogens with zero attached hydrogens (tertiary/aromatic N) is 2.